The summed E-state index contributed by atoms with van der Waals surface area (Å²) in [6, 6.07) is 1.61. The van der Waals surface area contributed by atoms with Crippen molar-refractivity contribution in [2.24, 2.45) is 0 Å². The van der Waals surface area contributed by atoms with Crippen molar-refractivity contribution in [3.05, 3.63) is 22.3 Å². The number of rotatable bonds is 2. The molecule has 1 fully saturated rings. The Hall–Kier alpha value is -1.14. The number of piperazine rings is 1. The van der Waals surface area contributed by atoms with Crippen LogP contribution in [0.4, 0.5) is 5.82 Å². The number of likely N-dealkylation sites (N-methyl/N-ethyl adjacent to an activating group) is 1. The summed E-state index contributed by atoms with van der Waals surface area (Å²) >= 11 is 3.27. The normalized spacial score (nSPS) is 19.5. The highest BCUT2D eigenvalue weighted by molar-refractivity contribution is 9.10. The van der Waals surface area contributed by atoms with Crippen LogP contribution >= 0.6 is 15.9 Å². The second kappa shape index (κ2) is 5.09. The van der Waals surface area contributed by atoms with E-state index in [1.807, 2.05) is 0 Å². The first-order valence-corrected chi connectivity index (χ1v) is 6.95. The zero-order chi connectivity index (χ0) is 14.2. The quantitative estimate of drug-likeness (QED) is 0.901. The number of hydrogen-bond donors (Lipinski definition) is 1. The van der Waals surface area contributed by atoms with Crippen molar-refractivity contribution >= 4 is 27.7 Å². The molecule has 1 aliphatic heterocycles. The minimum Gasteiger partial charge on any atom is -0.478 e. The minimum atomic E-state index is -0.944. The summed E-state index contributed by atoms with van der Waals surface area (Å²) in [4.78, 5) is 20.0. The van der Waals surface area contributed by atoms with Crippen LogP contribution in [0.1, 0.15) is 24.2 Å². The largest absolute Gasteiger partial charge is 0.478 e. The van der Waals surface area contributed by atoms with Crippen molar-refractivity contribution in [1.29, 1.82) is 0 Å². The summed E-state index contributed by atoms with van der Waals surface area (Å²) in [5.74, 6) is -0.391. The predicted octanol–water partition coefficient (Wildman–Crippen LogP) is 2.07. The third kappa shape index (κ3) is 2.90. The average molecular weight is 328 g/mol. The van der Waals surface area contributed by atoms with Crippen molar-refractivity contribution in [3.63, 3.8) is 0 Å². The Morgan fingerprint density at radius 2 is 2.16 bits per heavy atom. The van der Waals surface area contributed by atoms with Gasteiger partial charge in [-0.25, -0.2) is 9.78 Å². The molecule has 1 aromatic rings. The molecule has 0 amide bonds. The highest BCUT2D eigenvalue weighted by atomic mass is 79.9. The molecule has 0 bridgehead atoms. The summed E-state index contributed by atoms with van der Waals surface area (Å²) in [6.45, 7) is 6.74. The number of carboxylic acid groups (broad SMARTS) is 1. The van der Waals surface area contributed by atoms with E-state index in [0.717, 1.165) is 19.6 Å². The van der Waals surface area contributed by atoms with Gasteiger partial charge in [-0.3, -0.25) is 4.90 Å². The van der Waals surface area contributed by atoms with Gasteiger partial charge >= 0.3 is 5.97 Å². The van der Waals surface area contributed by atoms with E-state index in [1.165, 1.54) is 0 Å². The maximum absolute atomic E-state index is 11.3. The molecular weight excluding hydrogens is 310 g/mol. The average Bonchev–Trinajstić information content (AvgIpc) is 2.32. The fourth-order valence-corrected chi connectivity index (χ4v) is 2.59. The van der Waals surface area contributed by atoms with Gasteiger partial charge in [-0.2, -0.15) is 0 Å². The van der Waals surface area contributed by atoms with E-state index in [4.69, 9.17) is 0 Å². The Morgan fingerprint density at radius 3 is 2.74 bits per heavy atom. The smallest absolute Gasteiger partial charge is 0.339 e. The Morgan fingerprint density at radius 1 is 1.47 bits per heavy atom. The lowest BCUT2D eigenvalue weighted by Crippen LogP contribution is -2.58. The standard InChI is InChI=1S/C13H18BrN3O2/c1-13(2)8-17(5-4-16(13)3)11-10(12(18)19)6-9(14)7-15-11/h6-7H,4-5,8H2,1-3H3,(H,18,19). The fraction of sp³-hybridized carbons (Fsp3) is 0.538. The minimum absolute atomic E-state index is 0.00275. The van der Waals surface area contributed by atoms with Crippen LogP contribution in [0.3, 0.4) is 0 Å². The van der Waals surface area contributed by atoms with E-state index in [2.05, 4.69) is 51.6 Å². The van der Waals surface area contributed by atoms with Crippen LogP contribution in [0.5, 0.6) is 0 Å². The van der Waals surface area contributed by atoms with Gasteiger partial charge in [0.15, 0.2) is 0 Å². The van der Waals surface area contributed by atoms with E-state index in [-0.39, 0.29) is 11.1 Å². The Labute approximate surface area is 121 Å². The summed E-state index contributed by atoms with van der Waals surface area (Å²) in [7, 11) is 2.09. The van der Waals surface area contributed by atoms with Crippen LogP contribution in [0.25, 0.3) is 0 Å². The fourth-order valence-electron chi connectivity index (χ4n) is 2.26. The molecule has 0 aliphatic carbocycles. The second-order valence-electron chi connectivity index (χ2n) is 5.49. The molecule has 6 heteroatoms. The second-order valence-corrected chi connectivity index (χ2v) is 6.40. The molecule has 1 aliphatic rings. The Bertz CT molecular complexity index is 505. The van der Waals surface area contributed by atoms with Crippen molar-refractivity contribution in [2.45, 2.75) is 19.4 Å². The van der Waals surface area contributed by atoms with E-state index < -0.39 is 5.97 Å². The molecule has 0 unspecified atom stereocenters. The summed E-state index contributed by atoms with van der Waals surface area (Å²) < 4.78 is 0.682. The van der Waals surface area contributed by atoms with Gasteiger partial charge in [-0.1, -0.05) is 0 Å². The van der Waals surface area contributed by atoms with Crippen LogP contribution in [0.15, 0.2) is 16.7 Å². The van der Waals surface area contributed by atoms with Gasteiger partial charge in [-0.05, 0) is 42.9 Å². The van der Waals surface area contributed by atoms with E-state index in [1.54, 1.807) is 12.3 Å². The first-order valence-electron chi connectivity index (χ1n) is 6.16. The van der Waals surface area contributed by atoms with Crippen LogP contribution in [-0.4, -0.2) is 53.2 Å². The number of halogens is 1. The van der Waals surface area contributed by atoms with Gasteiger partial charge < -0.3 is 10.0 Å². The third-order valence-electron chi connectivity index (χ3n) is 3.68. The van der Waals surface area contributed by atoms with Gasteiger partial charge in [0, 0.05) is 35.8 Å². The van der Waals surface area contributed by atoms with Gasteiger partial charge in [0.2, 0.25) is 0 Å². The zero-order valence-electron chi connectivity index (χ0n) is 11.4. The number of carboxylic acids is 1. The maximum Gasteiger partial charge on any atom is 0.339 e. The molecular formula is C13H18BrN3O2. The molecule has 1 aromatic heterocycles. The van der Waals surface area contributed by atoms with E-state index in [0.29, 0.717) is 10.3 Å². The lowest BCUT2D eigenvalue weighted by Gasteiger charge is -2.46. The van der Waals surface area contributed by atoms with Crippen LogP contribution < -0.4 is 4.90 Å². The third-order valence-corrected chi connectivity index (χ3v) is 4.11. The van der Waals surface area contributed by atoms with E-state index in [9.17, 15) is 9.90 Å². The number of hydrogen-bond acceptors (Lipinski definition) is 4. The molecule has 19 heavy (non-hydrogen) atoms. The number of pyridine rings is 1. The molecule has 0 spiro atoms. The van der Waals surface area contributed by atoms with Gasteiger partial charge in [0.25, 0.3) is 0 Å². The maximum atomic E-state index is 11.3. The van der Waals surface area contributed by atoms with Crippen molar-refractivity contribution in [2.75, 3.05) is 31.6 Å². The Balaban J connectivity index is 2.35. The van der Waals surface area contributed by atoms with Crippen molar-refractivity contribution < 1.29 is 9.90 Å². The molecule has 1 saturated heterocycles. The molecule has 0 radical (unpaired) electrons. The highest BCUT2D eigenvalue weighted by Gasteiger charge is 2.33. The lowest BCUT2D eigenvalue weighted by atomic mass is 9.99. The van der Waals surface area contributed by atoms with Crippen LogP contribution in [0.2, 0.25) is 0 Å². The number of anilines is 1. The molecule has 0 aromatic carbocycles. The number of carbonyl (C=O) groups is 1. The monoisotopic (exact) mass is 327 g/mol. The summed E-state index contributed by atoms with van der Waals surface area (Å²) in [6.07, 6.45) is 1.65. The van der Waals surface area contributed by atoms with Crippen molar-refractivity contribution in [1.82, 2.24) is 9.88 Å². The lowest BCUT2D eigenvalue weighted by molar-refractivity contribution is 0.0696. The van der Waals surface area contributed by atoms with Gasteiger partial charge in [0.05, 0.1) is 0 Å². The number of nitrogens with zero attached hydrogens (tertiary/aromatic N) is 3. The Kier molecular flexibility index (Phi) is 3.82. The molecule has 0 atom stereocenters. The number of aromatic nitrogens is 1. The molecule has 2 heterocycles. The molecule has 2 rings (SSSR count). The first-order chi connectivity index (χ1) is 8.81. The van der Waals surface area contributed by atoms with Crippen LogP contribution in [0, 0.1) is 0 Å². The molecule has 5 nitrogen and oxygen atoms in total. The van der Waals surface area contributed by atoms with E-state index >= 15 is 0 Å². The topological polar surface area (TPSA) is 56.7 Å². The first kappa shape index (κ1) is 14.3. The predicted molar refractivity (Wildman–Crippen MR) is 77.8 cm³/mol. The molecule has 1 N–H and O–H groups in total. The van der Waals surface area contributed by atoms with Gasteiger partial charge in [-0.15, -0.1) is 0 Å². The zero-order valence-corrected chi connectivity index (χ0v) is 12.9. The summed E-state index contributed by atoms with van der Waals surface area (Å²) in [5.41, 5.74) is 0.248. The molecule has 104 valence electrons. The molecule has 0 saturated carbocycles. The van der Waals surface area contributed by atoms with Crippen molar-refractivity contribution in [3.8, 4) is 0 Å². The SMILES string of the molecule is CN1CCN(c2ncc(Br)cc2C(=O)O)CC1(C)C. The van der Waals surface area contributed by atoms with Crippen LogP contribution in [-0.2, 0) is 0 Å². The summed E-state index contributed by atoms with van der Waals surface area (Å²) in [5, 5.41) is 9.30. The number of aromatic carboxylic acids is 1. The highest BCUT2D eigenvalue weighted by Crippen LogP contribution is 2.27. The van der Waals surface area contributed by atoms with Gasteiger partial charge in [0.1, 0.15) is 11.4 Å².